The molecule has 4 atom stereocenters. The summed E-state index contributed by atoms with van der Waals surface area (Å²) >= 11 is 0. The lowest BCUT2D eigenvalue weighted by Crippen LogP contribution is -2.45. The number of carbonyl (C=O) groups is 1. The Morgan fingerprint density at radius 3 is 2.35 bits per heavy atom. The minimum absolute atomic E-state index is 0.0172. The topological polar surface area (TPSA) is 58.6 Å². The van der Waals surface area contributed by atoms with Crippen LogP contribution in [0.3, 0.4) is 0 Å². The summed E-state index contributed by atoms with van der Waals surface area (Å²) in [6.45, 7) is 6.88. The Morgan fingerprint density at radius 1 is 1.20 bits per heavy atom. The van der Waals surface area contributed by atoms with Crippen LogP contribution in [0.25, 0.3) is 0 Å². The van der Waals surface area contributed by atoms with Gasteiger partial charge in [-0.2, -0.15) is 0 Å². The van der Waals surface area contributed by atoms with Crippen molar-refractivity contribution in [3.05, 3.63) is 0 Å². The first kappa shape index (κ1) is 15.8. The summed E-state index contributed by atoms with van der Waals surface area (Å²) in [5.41, 5.74) is -0.0918. The molecule has 4 nitrogen and oxygen atoms in total. The number of hydrogen-bond donors (Lipinski definition) is 2. The van der Waals surface area contributed by atoms with Gasteiger partial charge in [-0.25, -0.2) is 0 Å². The smallest absolute Gasteiger partial charge is 0.226 e. The maximum absolute atomic E-state index is 12.4. The summed E-state index contributed by atoms with van der Waals surface area (Å²) in [5, 5.41) is 12.8. The number of hydrogen-bond acceptors (Lipinski definition) is 3. The Hall–Kier alpha value is -0.610. The van der Waals surface area contributed by atoms with Gasteiger partial charge in [0.1, 0.15) is 0 Å². The molecular formula is C16H29NO3. The fraction of sp³-hybridized carbons (Fsp3) is 0.938. The largest absolute Gasteiger partial charge is 0.396 e. The van der Waals surface area contributed by atoms with Crippen LogP contribution in [0.5, 0.6) is 0 Å². The Balaban J connectivity index is 1.91. The summed E-state index contributed by atoms with van der Waals surface area (Å²) in [4.78, 5) is 12.4. The summed E-state index contributed by atoms with van der Waals surface area (Å²) in [6, 6.07) is 0. The average molecular weight is 283 g/mol. The molecule has 1 saturated carbocycles. The van der Waals surface area contributed by atoms with Crippen LogP contribution in [0.4, 0.5) is 0 Å². The van der Waals surface area contributed by atoms with E-state index in [2.05, 4.69) is 12.2 Å². The van der Waals surface area contributed by atoms with Crippen molar-refractivity contribution in [2.75, 3.05) is 13.2 Å². The Morgan fingerprint density at radius 2 is 1.85 bits per heavy atom. The van der Waals surface area contributed by atoms with Gasteiger partial charge in [0.25, 0.3) is 0 Å². The number of ether oxygens (including phenoxy) is 1. The Kier molecular flexibility index (Phi) is 5.08. The predicted octanol–water partition coefficient (Wildman–Crippen LogP) is 2.10. The van der Waals surface area contributed by atoms with Gasteiger partial charge in [-0.1, -0.05) is 26.2 Å². The molecule has 2 fully saturated rings. The third kappa shape index (κ3) is 3.17. The molecular weight excluding hydrogens is 254 g/mol. The second-order valence-electron chi connectivity index (χ2n) is 6.87. The van der Waals surface area contributed by atoms with Crippen LogP contribution in [0.15, 0.2) is 0 Å². The highest BCUT2D eigenvalue weighted by Gasteiger charge is 2.42. The SMILES string of the molecule is CC1OC(C)C(C(=O)NCC2(CO)CCCCC2)C1C. The van der Waals surface area contributed by atoms with Crippen molar-refractivity contribution in [3.63, 3.8) is 0 Å². The Bertz CT molecular complexity index is 339. The van der Waals surface area contributed by atoms with E-state index in [1.54, 1.807) is 0 Å². The molecule has 2 aliphatic rings. The number of carbonyl (C=O) groups excluding carboxylic acids is 1. The lowest BCUT2D eigenvalue weighted by molar-refractivity contribution is -0.128. The van der Waals surface area contributed by atoms with E-state index in [9.17, 15) is 9.90 Å². The van der Waals surface area contributed by atoms with Gasteiger partial charge in [0.05, 0.1) is 24.7 Å². The molecule has 4 unspecified atom stereocenters. The van der Waals surface area contributed by atoms with Gasteiger partial charge >= 0.3 is 0 Å². The predicted molar refractivity (Wildman–Crippen MR) is 78.3 cm³/mol. The number of rotatable bonds is 4. The molecule has 0 radical (unpaired) electrons. The van der Waals surface area contributed by atoms with Crippen LogP contribution in [-0.2, 0) is 9.53 Å². The molecule has 0 aromatic heterocycles. The van der Waals surface area contributed by atoms with Crippen molar-refractivity contribution in [3.8, 4) is 0 Å². The van der Waals surface area contributed by atoms with Crippen molar-refractivity contribution in [2.45, 2.75) is 65.1 Å². The maximum atomic E-state index is 12.4. The van der Waals surface area contributed by atoms with E-state index in [0.717, 1.165) is 25.7 Å². The zero-order chi connectivity index (χ0) is 14.8. The van der Waals surface area contributed by atoms with Crippen LogP contribution in [-0.4, -0.2) is 36.4 Å². The molecule has 1 heterocycles. The molecule has 2 rings (SSSR count). The van der Waals surface area contributed by atoms with Gasteiger partial charge in [0.2, 0.25) is 5.91 Å². The number of aliphatic hydroxyl groups excluding tert-OH is 1. The third-order valence-electron chi connectivity index (χ3n) is 5.43. The van der Waals surface area contributed by atoms with Crippen LogP contribution in [0, 0.1) is 17.3 Å². The molecule has 0 spiro atoms. The van der Waals surface area contributed by atoms with Gasteiger partial charge in [-0.05, 0) is 32.6 Å². The summed E-state index contributed by atoms with van der Waals surface area (Å²) in [5.74, 6) is 0.276. The van der Waals surface area contributed by atoms with Crippen molar-refractivity contribution >= 4 is 5.91 Å². The van der Waals surface area contributed by atoms with Crippen molar-refractivity contribution in [2.24, 2.45) is 17.3 Å². The van der Waals surface area contributed by atoms with E-state index < -0.39 is 0 Å². The van der Waals surface area contributed by atoms with Gasteiger partial charge in [-0.3, -0.25) is 4.79 Å². The maximum Gasteiger partial charge on any atom is 0.226 e. The first-order chi connectivity index (χ1) is 9.49. The molecule has 1 amide bonds. The molecule has 2 N–H and O–H groups in total. The van der Waals surface area contributed by atoms with Gasteiger partial charge in [-0.15, -0.1) is 0 Å². The fourth-order valence-corrected chi connectivity index (χ4v) is 3.80. The summed E-state index contributed by atoms with van der Waals surface area (Å²) in [6.07, 6.45) is 5.73. The molecule has 4 heteroatoms. The second-order valence-corrected chi connectivity index (χ2v) is 6.87. The molecule has 0 bridgehead atoms. The highest BCUT2D eigenvalue weighted by molar-refractivity contribution is 5.80. The van der Waals surface area contributed by atoms with Crippen LogP contribution >= 0.6 is 0 Å². The first-order valence-electron chi connectivity index (χ1n) is 8.03. The van der Waals surface area contributed by atoms with Crippen molar-refractivity contribution in [1.29, 1.82) is 0 Å². The van der Waals surface area contributed by atoms with Gasteiger partial charge in [0, 0.05) is 12.0 Å². The van der Waals surface area contributed by atoms with Crippen LogP contribution in [0.2, 0.25) is 0 Å². The Labute approximate surface area is 122 Å². The molecule has 20 heavy (non-hydrogen) atoms. The molecule has 1 aliphatic heterocycles. The van der Waals surface area contributed by atoms with E-state index in [0.29, 0.717) is 6.54 Å². The molecule has 116 valence electrons. The number of amides is 1. The average Bonchev–Trinajstić information content (AvgIpc) is 2.71. The normalized spacial score (nSPS) is 36.8. The zero-order valence-electron chi connectivity index (χ0n) is 13.0. The lowest BCUT2D eigenvalue weighted by atomic mass is 9.74. The van der Waals surface area contributed by atoms with E-state index in [-0.39, 0.29) is 42.0 Å². The summed E-state index contributed by atoms with van der Waals surface area (Å²) < 4.78 is 5.74. The van der Waals surface area contributed by atoms with E-state index >= 15 is 0 Å². The third-order valence-corrected chi connectivity index (χ3v) is 5.43. The molecule has 0 aromatic rings. The lowest BCUT2D eigenvalue weighted by Gasteiger charge is -2.36. The fourth-order valence-electron chi connectivity index (χ4n) is 3.80. The standard InChI is InChI=1S/C16H29NO3/c1-11-12(2)20-13(3)14(11)15(19)17-9-16(10-18)7-5-4-6-8-16/h11-14,18H,4-10H2,1-3H3,(H,17,19). The van der Waals surface area contributed by atoms with Crippen molar-refractivity contribution < 1.29 is 14.6 Å². The van der Waals surface area contributed by atoms with Crippen molar-refractivity contribution in [1.82, 2.24) is 5.32 Å². The monoisotopic (exact) mass is 283 g/mol. The summed E-state index contributed by atoms with van der Waals surface area (Å²) in [7, 11) is 0. The van der Waals surface area contributed by atoms with Crippen LogP contribution in [0.1, 0.15) is 52.9 Å². The highest BCUT2D eigenvalue weighted by atomic mass is 16.5. The van der Waals surface area contributed by atoms with E-state index in [1.807, 2.05) is 13.8 Å². The number of nitrogens with one attached hydrogen (secondary N) is 1. The highest BCUT2D eigenvalue weighted by Crippen LogP contribution is 2.36. The molecule has 1 aliphatic carbocycles. The minimum atomic E-state index is -0.0918. The molecule has 1 saturated heterocycles. The zero-order valence-corrected chi connectivity index (χ0v) is 13.0. The quantitative estimate of drug-likeness (QED) is 0.831. The van der Waals surface area contributed by atoms with E-state index in [1.165, 1.54) is 6.42 Å². The van der Waals surface area contributed by atoms with Gasteiger partial charge < -0.3 is 15.2 Å². The van der Waals surface area contributed by atoms with E-state index in [4.69, 9.17) is 4.74 Å². The minimum Gasteiger partial charge on any atom is -0.396 e. The number of aliphatic hydroxyl groups is 1. The van der Waals surface area contributed by atoms with Crippen LogP contribution < -0.4 is 5.32 Å². The van der Waals surface area contributed by atoms with Gasteiger partial charge in [0.15, 0.2) is 0 Å². The first-order valence-corrected chi connectivity index (χ1v) is 8.03. The molecule has 0 aromatic carbocycles. The second kappa shape index (κ2) is 6.44.